The van der Waals surface area contributed by atoms with Gasteiger partial charge >= 0.3 is 11.1 Å². The lowest BCUT2D eigenvalue weighted by Crippen LogP contribution is -2.05. The number of nitrogens with zero attached hydrogens (tertiary/aromatic N) is 1. The molecule has 1 rings (SSSR count). The maximum absolute atomic E-state index is 10.1. The highest BCUT2D eigenvalue weighted by Gasteiger charge is 2.10. The van der Waals surface area contributed by atoms with Crippen molar-refractivity contribution >= 4 is 28.1 Å². The number of carbonyl (C=O) groups is 1. The van der Waals surface area contributed by atoms with Crippen molar-refractivity contribution in [3.63, 3.8) is 0 Å². The molecule has 6 nitrogen and oxygen atoms in total. The monoisotopic (exact) mass is 188 g/mol. The Morgan fingerprint density at radius 3 is 2.83 bits per heavy atom. The molecule has 2 N–H and O–H groups in total. The van der Waals surface area contributed by atoms with Gasteiger partial charge < -0.3 is 5.11 Å². The van der Waals surface area contributed by atoms with Crippen LogP contribution in [0.3, 0.4) is 0 Å². The topological polar surface area (TPSA) is 92.5 Å². The molecular weight excluding hydrogens is 184 g/mol. The summed E-state index contributed by atoms with van der Waals surface area (Å²) in [5, 5.41) is 21.7. The van der Waals surface area contributed by atoms with Gasteiger partial charge in [-0.1, -0.05) is 11.3 Å². The third-order valence-electron chi connectivity index (χ3n) is 1.02. The number of carboxylic acid groups (broad SMARTS) is 1. The van der Waals surface area contributed by atoms with Crippen molar-refractivity contribution in [2.45, 2.75) is 0 Å². The van der Waals surface area contributed by atoms with E-state index in [1.165, 1.54) is 11.4 Å². The number of nitro groups is 1. The van der Waals surface area contributed by atoms with Crippen LogP contribution in [0.25, 0.3) is 0 Å². The van der Waals surface area contributed by atoms with Gasteiger partial charge in [0.1, 0.15) is 0 Å². The van der Waals surface area contributed by atoms with Crippen molar-refractivity contribution in [3.05, 3.63) is 21.6 Å². The summed E-state index contributed by atoms with van der Waals surface area (Å²) < 4.78 is 0. The summed E-state index contributed by atoms with van der Waals surface area (Å²) in [6, 6.07) is 1.17. The molecule has 1 amide bonds. The maximum atomic E-state index is 10.1. The van der Waals surface area contributed by atoms with Crippen molar-refractivity contribution < 1.29 is 14.8 Å². The molecule has 0 fully saturated rings. The van der Waals surface area contributed by atoms with Gasteiger partial charge in [-0.3, -0.25) is 15.4 Å². The normalized spacial score (nSPS) is 9.33. The molecule has 0 saturated heterocycles. The smallest absolute Gasteiger partial charge is 0.409 e. The molecule has 1 heterocycles. The number of rotatable bonds is 2. The summed E-state index contributed by atoms with van der Waals surface area (Å²) in [5.41, 5.74) is 0.221. The van der Waals surface area contributed by atoms with E-state index < -0.39 is 11.0 Å². The lowest BCUT2D eigenvalue weighted by Gasteiger charge is -1.91. The van der Waals surface area contributed by atoms with Crippen LogP contribution in [-0.2, 0) is 0 Å². The highest BCUT2D eigenvalue weighted by Crippen LogP contribution is 2.25. The van der Waals surface area contributed by atoms with Gasteiger partial charge in [0.2, 0.25) is 0 Å². The fourth-order valence-electron chi connectivity index (χ4n) is 0.610. The molecule has 0 aromatic carbocycles. The zero-order valence-corrected chi connectivity index (χ0v) is 6.50. The Kier molecular flexibility index (Phi) is 2.24. The predicted molar refractivity (Wildman–Crippen MR) is 42.6 cm³/mol. The van der Waals surface area contributed by atoms with Crippen molar-refractivity contribution in [2.24, 2.45) is 0 Å². The van der Waals surface area contributed by atoms with Crippen LogP contribution < -0.4 is 5.32 Å². The van der Waals surface area contributed by atoms with Crippen LogP contribution >= 0.6 is 11.3 Å². The van der Waals surface area contributed by atoms with Crippen molar-refractivity contribution in [3.8, 4) is 0 Å². The standard InChI is InChI=1S/C5H4N2O4S/c8-5(9)6-3-1-4(7(10)11)12-2-3/h1-2,6H,(H,8,9). The fourth-order valence-corrected chi connectivity index (χ4v) is 1.27. The van der Waals surface area contributed by atoms with Gasteiger partial charge in [-0.25, -0.2) is 4.79 Å². The molecule has 12 heavy (non-hydrogen) atoms. The molecule has 1 aromatic heterocycles. The van der Waals surface area contributed by atoms with E-state index in [1.54, 1.807) is 0 Å². The number of thiophene rings is 1. The van der Waals surface area contributed by atoms with E-state index in [1.807, 2.05) is 5.32 Å². The quantitative estimate of drug-likeness (QED) is 0.546. The number of nitrogens with one attached hydrogen (secondary N) is 1. The van der Waals surface area contributed by atoms with Gasteiger partial charge in [0.25, 0.3) is 0 Å². The van der Waals surface area contributed by atoms with E-state index in [0.717, 1.165) is 11.3 Å². The van der Waals surface area contributed by atoms with Crippen molar-refractivity contribution in [1.29, 1.82) is 0 Å². The maximum Gasteiger partial charge on any atom is 0.409 e. The molecule has 0 bridgehead atoms. The van der Waals surface area contributed by atoms with Crippen LogP contribution in [0.2, 0.25) is 0 Å². The van der Waals surface area contributed by atoms with Crippen molar-refractivity contribution in [2.75, 3.05) is 5.32 Å². The lowest BCUT2D eigenvalue weighted by molar-refractivity contribution is -0.380. The minimum Gasteiger partial charge on any atom is -0.465 e. The zero-order chi connectivity index (χ0) is 9.14. The minimum absolute atomic E-state index is 0.0845. The van der Waals surface area contributed by atoms with Gasteiger partial charge in [0.05, 0.1) is 16.7 Å². The average molecular weight is 188 g/mol. The highest BCUT2D eigenvalue weighted by molar-refractivity contribution is 7.13. The van der Waals surface area contributed by atoms with E-state index in [2.05, 4.69) is 0 Å². The number of hydrogen-bond donors (Lipinski definition) is 2. The second kappa shape index (κ2) is 3.18. The summed E-state index contributed by atoms with van der Waals surface area (Å²) in [6.07, 6.45) is -1.23. The first-order chi connectivity index (χ1) is 5.59. The average Bonchev–Trinajstić information content (AvgIpc) is 2.34. The van der Waals surface area contributed by atoms with Gasteiger partial charge in [0, 0.05) is 5.38 Å². The van der Waals surface area contributed by atoms with Gasteiger partial charge in [-0.05, 0) is 0 Å². The van der Waals surface area contributed by atoms with Crippen LogP contribution in [0.5, 0.6) is 0 Å². The zero-order valence-electron chi connectivity index (χ0n) is 5.68. The molecule has 0 aliphatic rings. The molecule has 64 valence electrons. The van der Waals surface area contributed by atoms with Crippen LogP contribution in [0, 0.1) is 10.1 Å². The van der Waals surface area contributed by atoms with Crippen LogP contribution in [-0.4, -0.2) is 16.1 Å². The third-order valence-corrected chi connectivity index (χ3v) is 1.90. The second-order valence-electron chi connectivity index (χ2n) is 1.86. The first-order valence-corrected chi connectivity index (χ1v) is 3.70. The summed E-state index contributed by atoms with van der Waals surface area (Å²) in [6.45, 7) is 0. The molecule has 0 unspecified atom stereocenters. The van der Waals surface area contributed by atoms with Gasteiger partial charge in [-0.2, -0.15) is 0 Å². The highest BCUT2D eigenvalue weighted by atomic mass is 32.1. The number of amides is 1. The van der Waals surface area contributed by atoms with Crippen LogP contribution in [0.15, 0.2) is 11.4 Å². The summed E-state index contributed by atoms with van der Waals surface area (Å²) in [7, 11) is 0. The summed E-state index contributed by atoms with van der Waals surface area (Å²) in [4.78, 5) is 19.6. The Bertz CT molecular complexity index is 321. The molecule has 0 spiro atoms. The van der Waals surface area contributed by atoms with Gasteiger partial charge in [0.15, 0.2) is 0 Å². The van der Waals surface area contributed by atoms with Crippen LogP contribution in [0.1, 0.15) is 0 Å². The molecule has 0 aliphatic carbocycles. The first kappa shape index (κ1) is 8.47. The molecule has 0 saturated carbocycles. The summed E-state index contributed by atoms with van der Waals surface area (Å²) >= 11 is 0.875. The largest absolute Gasteiger partial charge is 0.465 e. The molecule has 1 aromatic rings. The van der Waals surface area contributed by atoms with E-state index in [9.17, 15) is 14.9 Å². The Hall–Kier alpha value is -1.63. The second-order valence-corrected chi connectivity index (χ2v) is 2.75. The SMILES string of the molecule is O=C(O)Nc1csc([N+](=O)[O-])c1. The molecule has 0 radical (unpaired) electrons. The Morgan fingerprint density at radius 2 is 2.42 bits per heavy atom. The lowest BCUT2D eigenvalue weighted by atomic mass is 10.5. The van der Waals surface area contributed by atoms with Crippen LogP contribution in [0.4, 0.5) is 15.5 Å². The minimum atomic E-state index is -1.23. The van der Waals surface area contributed by atoms with Crippen molar-refractivity contribution in [1.82, 2.24) is 0 Å². The Balaban J connectivity index is 2.77. The molecular formula is C5H4N2O4S. The van der Waals surface area contributed by atoms with E-state index in [4.69, 9.17) is 5.11 Å². The Morgan fingerprint density at radius 1 is 1.75 bits per heavy atom. The summed E-state index contributed by atoms with van der Waals surface area (Å²) in [5.74, 6) is 0. The predicted octanol–water partition coefficient (Wildman–Crippen LogP) is 1.75. The fraction of sp³-hybridized carbons (Fsp3) is 0. The first-order valence-electron chi connectivity index (χ1n) is 2.82. The molecule has 0 atom stereocenters. The Labute approximate surface area is 70.6 Å². The van der Waals surface area contributed by atoms with E-state index in [0.29, 0.717) is 0 Å². The number of hydrogen-bond acceptors (Lipinski definition) is 4. The number of anilines is 1. The third kappa shape index (κ3) is 1.92. The van der Waals surface area contributed by atoms with Gasteiger partial charge in [-0.15, -0.1) is 0 Å². The molecule has 7 heteroatoms. The van der Waals surface area contributed by atoms with E-state index in [-0.39, 0.29) is 10.7 Å². The van der Waals surface area contributed by atoms with E-state index >= 15 is 0 Å². The molecule has 0 aliphatic heterocycles.